The van der Waals surface area contributed by atoms with E-state index in [4.69, 9.17) is 15.0 Å². The van der Waals surface area contributed by atoms with Crippen LogP contribution in [0.5, 0.6) is 0 Å². The van der Waals surface area contributed by atoms with Crippen molar-refractivity contribution in [3.05, 3.63) is 181 Å². The molecule has 4 nitrogen and oxygen atoms in total. The normalized spacial score (nSPS) is 11.3. The molecule has 246 valence electrons. The number of nitrogens with zero attached hydrogens (tertiary/aromatic N) is 4. The summed E-state index contributed by atoms with van der Waals surface area (Å²) in [5.41, 5.74) is 12.1. The third-order valence-electron chi connectivity index (χ3n) is 9.59. The second-order valence-corrected chi connectivity index (χ2v) is 13.2. The summed E-state index contributed by atoms with van der Waals surface area (Å²) in [6, 6.07) is 59.8. The minimum Gasteiger partial charge on any atom is -0.239 e. The van der Waals surface area contributed by atoms with Gasteiger partial charge in [0.05, 0.1) is 17.1 Å². The van der Waals surface area contributed by atoms with E-state index >= 15 is 0 Å². The minimum absolute atomic E-state index is 0.673. The van der Waals surface area contributed by atoms with E-state index in [0.29, 0.717) is 5.82 Å². The third kappa shape index (κ3) is 6.01. The molecule has 0 N–H and O–H groups in total. The summed E-state index contributed by atoms with van der Waals surface area (Å²) >= 11 is 0. The highest BCUT2D eigenvalue weighted by molar-refractivity contribution is 6.14. The molecule has 9 aromatic rings. The van der Waals surface area contributed by atoms with Crippen molar-refractivity contribution in [1.29, 1.82) is 0 Å². The maximum atomic E-state index is 5.24. The summed E-state index contributed by atoms with van der Waals surface area (Å²) in [6.45, 7) is 3.95. The van der Waals surface area contributed by atoms with Crippen LogP contribution in [0, 0.1) is 13.8 Å². The van der Waals surface area contributed by atoms with Gasteiger partial charge in [-0.1, -0.05) is 127 Å². The van der Waals surface area contributed by atoms with Gasteiger partial charge in [0.25, 0.3) is 0 Å². The first-order valence-corrected chi connectivity index (χ1v) is 17.6. The summed E-state index contributed by atoms with van der Waals surface area (Å²) in [4.78, 5) is 19.8. The van der Waals surface area contributed by atoms with E-state index in [-0.39, 0.29) is 0 Å². The number of hydrogen-bond donors (Lipinski definition) is 0. The van der Waals surface area contributed by atoms with E-state index in [1.54, 1.807) is 0 Å². The zero-order chi connectivity index (χ0) is 35.0. The molecule has 0 aliphatic rings. The van der Waals surface area contributed by atoms with Gasteiger partial charge in [-0.2, -0.15) is 0 Å². The highest BCUT2D eigenvalue weighted by Crippen LogP contribution is 2.39. The average Bonchev–Trinajstić information content (AvgIpc) is 3.20. The molecule has 0 bridgehead atoms. The fraction of sp³-hybridized carbons (Fsp3) is 0.0417. The molecule has 2 aromatic heterocycles. The lowest BCUT2D eigenvalue weighted by Crippen LogP contribution is -1.97. The first-order valence-electron chi connectivity index (χ1n) is 17.6. The van der Waals surface area contributed by atoms with Crippen LogP contribution in [0.1, 0.15) is 11.5 Å². The van der Waals surface area contributed by atoms with Crippen molar-refractivity contribution in [2.24, 2.45) is 0 Å². The quantitative estimate of drug-likeness (QED) is 0.166. The molecule has 7 aromatic carbocycles. The SMILES string of the molecule is Cc1cc(-c2cccc(-c3cc(-c4nc(-c5ccccc5)cc(-c5ccccc5)n4)cc(-c4cc5ccccc5c5ccccc45)c3)c2)nc(C)n1. The Morgan fingerprint density at radius 2 is 0.865 bits per heavy atom. The highest BCUT2D eigenvalue weighted by atomic mass is 14.9. The summed E-state index contributed by atoms with van der Waals surface area (Å²) < 4.78 is 0. The number of benzene rings is 7. The van der Waals surface area contributed by atoms with Crippen molar-refractivity contribution in [3.63, 3.8) is 0 Å². The maximum Gasteiger partial charge on any atom is 0.160 e. The van der Waals surface area contributed by atoms with Crippen LogP contribution in [0.3, 0.4) is 0 Å². The Balaban J connectivity index is 1.31. The summed E-state index contributed by atoms with van der Waals surface area (Å²) in [6.07, 6.45) is 0. The second kappa shape index (κ2) is 13.2. The maximum absolute atomic E-state index is 5.24. The van der Waals surface area contributed by atoms with Crippen molar-refractivity contribution in [1.82, 2.24) is 19.9 Å². The van der Waals surface area contributed by atoms with Crippen molar-refractivity contribution in [2.45, 2.75) is 13.8 Å². The van der Waals surface area contributed by atoms with Gasteiger partial charge >= 0.3 is 0 Å². The predicted molar refractivity (Wildman–Crippen MR) is 215 cm³/mol. The minimum atomic E-state index is 0.673. The molecule has 4 heteroatoms. The first kappa shape index (κ1) is 31.2. The van der Waals surface area contributed by atoms with E-state index in [1.807, 2.05) is 32.0 Å². The Morgan fingerprint density at radius 3 is 1.58 bits per heavy atom. The lowest BCUT2D eigenvalue weighted by molar-refractivity contribution is 1.02. The Hall–Kier alpha value is -6.78. The molecule has 0 aliphatic carbocycles. The molecular weight excluding hydrogens is 633 g/mol. The van der Waals surface area contributed by atoms with E-state index in [2.05, 4.69) is 157 Å². The first-order chi connectivity index (χ1) is 25.6. The van der Waals surface area contributed by atoms with Crippen molar-refractivity contribution in [2.75, 3.05) is 0 Å². The van der Waals surface area contributed by atoms with Gasteiger partial charge in [-0.05, 0) is 100 Å². The summed E-state index contributed by atoms with van der Waals surface area (Å²) in [5, 5.41) is 4.88. The van der Waals surface area contributed by atoms with Gasteiger partial charge in [-0.15, -0.1) is 0 Å². The summed E-state index contributed by atoms with van der Waals surface area (Å²) in [5.74, 6) is 1.43. The van der Waals surface area contributed by atoms with E-state index < -0.39 is 0 Å². The summed E-state index contributed by atoms with van der Waals surface area (Å²) in [7, 11) is 0. The Labute approximate surface area is 303 Å². The standard InChI is InChI=1S/C48H34N4/c1-31-24-45(50-32(2)49-31)37-20-13-19-35(25-37)38-26-39(44-29-36-18-9-10-21-41(36)42-22-11-12-23-43(42)44)28-40(27-38)48-51-46(33-14-5-3-6-15-33)30-47(52-48)34-16-7-4-8-17-34/h3-30H,1-2H3. The van der Waals surface area contributed by atoms with Crippen molar-refractivity contribution in [3.8, 4) is 67.4 Å². The van der Waals surface area contributed by atoms with E-state index in [0.717, 1.165) is 73.1 Å². The zero-order valence-corrected chi connectivity index (χ0v) is 29.0. The number of rotatable bonds is 6. The molecule has 0 saturated carbocycles. The number of fused-ring (bicyclic) bond motifs is 3. The molecule has 0 radical (unpaired) electrons. The molecule has 52 heavy (non-hydrogen) atoms. The van der Waals surface area contributed by atoms with Gasteiger partial charge in [0, 0.05) is 27.9 Å². The molecule has 9 rings (SSSR count). The van der Waals surface area contributed by atoms with Gasteiger partial charge < -0.3 is 0 Å². The lowest BCUT2D eigenvalue weighted by Gasteiger charge is -2.15. The molecule has 0 saturated heterocycles. The topological polar surface area (TPSA) is 51.6 Å². The molecule has 0 unspecified atom stereocenters. The van der Waals surface area contributed by atoms with Gasteiger partial charge in [0.15, 0.2) is 5.82 Å². The Kier molecular flexibility index (Phi) is 7.90. The Morgan fingerprint density at radius 1 is 0.327 bits per heavy atom. The number of aryl methyl sites for hydroxylation is 2. The Bertz CT molecular complexity index is 2680. The van der Waals surface area contributed by atoms with Crippen LogP contribution in [0.2, 0.25) is 0 Å². The lowest BCUT2D eigenvalue weighted by atomic mass is 9.90. The van der Waals surface area contributed by atoms with Crippen LogP contribution in [-0.4, -0.2) is 19.9 Å². The number of aromatic nitrogens is 4. The monoisotopic (exact) mass is 666 g/mol. The molecule has 0 fully saturated rings. The predicted octanol–water partition coefficient (Wildman–Crippen LogP) is 12.2. The average molecular weight is 667 g/mol. The molecular formula is C48H34N4. The van der Waals surface area contributed by atoms with Crippen molar-refractivity contribution < 1.29 is 0 Å². The van der Waals surface area contributed by atoms with Gasteiger partial charge in [0.1, 0.15) is 5.82 Å². The molecule has 2 heterocycles. The van der Waals surface area contributed by atoms with Crippen LogP contribution in [0.4, 0.5) is 0 Å². The molecule has 0 amide bonds. The van der Waals surface area contributed by atoms with E-state index in [1.165, 1.54) is 21.5 Å². The molecule has 0 aliphatic heterocycles. The van der Waals surface area contributed by atoms with Crippen LogP contribution in [0.25, 0.3) is 89.0 Å². The largest absolute Gasteiger partial charge is 0.239 e. The van der Waals surface area contributed by atoms with E-state index in [9.17, 15) is 0 Å². The highest BCUT2D eigenvalue weighted by Gasteiger charge is 2.16. The van der Waals surface area contributed by atoms with Crippen LogP contribution in [-0.2, 0) is 0 Å². The smallest absolute Gasteiger partial charge is 0.160 e. The second-order valence-electron chi connectivity index (χ2n) is 13.2. The van der Waals surface area contributed by atoms with Crippen molar-refractivity contribution >= 4 is 21.5 Å². The molecule has 0 atom stereocenters. The fourth-order valence-electron chi connectivity index (χ4n) is 7.18. The van der Waals surface area contributed by atoms with Gasteiger partial charge in [-0.3, -0.25) is 0 Å². The van der Waals surface area contributed by atoms with Crippen LogP contribution < -0.4 is 0 Å². The van der Waals surface area contributed by atoms with Gasteiger partial charge in [-0.25, -0.2) is 19.9 Å². The zero-order valence-electron chi connectivity index (χ0n) is 29.0. The molecule has 0 spiro atoms. The van der Waals surface area contributed by atoms with Crippen LogP contribution in [0.15, 0.2) is 170 Å². The third-order valence-corrected chi connectivity index (χ3v) is 9.59. The number of hydrogen-bond acceptors (Lipinski definition) is 4. The van der Waals surface area contributed by atoms with Crippen LogP contribution >= 0.6 is 0 Å². The van der Waals surface area contributed by atoms with Gasteiger partial charge in [0.2, 0.25) is 0 Å². The fourth-order valence-corrected chi connectivity index (χ4v) is 7.18.